The summed E-state index contributed by atoms with van der Waals surface area (Å²) >= 11 is 0. The Morgan fingerprint density at radius 2 is 1.81 bits per heavy atom. The maximum Gasteiger partial charge on any atom is 0.341 e. The van der Waals surface area contributed by atoms with Gasteiger partial charge in [-0.1, -0.05) is 51.1 Å². The summed E-state index contributed by atoms with van der Waals surface area (Å²) in [4.78, 5) is 12.4. The SMILES string of the molecule is CC1(C)C=Cc2cc(C(=O)OCc3ccc(C(C)(C)C)cc3)c([18F])cc2O1. The number of rotatable bonds is 3. The molecule has 0 spiro atoms. The molecule has 0 fully saturated rings. The molecular formula is C23H25FO3. The van der Waals surface area contributed by atoms with Crippen LogP contribution in [0.5, 0.6) is 5.75 Å². The fourth-order valence-electron chi connectivity index (χ4n) is 2.88. The molecule has 1 aliphatic heterocycles. The molecule has 2 aromatic carbocycles. The number of fused-ring (bicyclic) bond motifs is 1. The summed E-state index contributed by atoms with van der Waals surface area (Å²) < 4.78 is 25.4. The molecule has 0 aliphatic carbocycles. The third kappa shape index (κ3) is 4.38. The molecule has 0 unspecified atom stereocenters. The smallest absolute Gasteiger partial charge is 0.341 e. The van der Waals surface area contributed by atoms with Gasteiger partial charge in [-0.3, -0.25) is 0 Å². The molecule has 0 atom stereocenters. The Hall–Kier alpha value is -2.62. The number of benzene rings is 2. The fraction of sp³-hybridized carbons (Fsp3) is 0.348. The number of hydrogen-bond acceptors (Lipinski definition) is 3. The summed E-state index contributed by atoms with van der Waals surface area (Å²) in [7, 11) is 0. The van der Waals surface area contributed by atoms with Gasteiger partial charge >= 0.3 is 5.97 Å². The predicted molar refractivity (Wildman–Crippen MR) is 104 cm³/mol. The Bertz CT molecular complexity index is 887. The fourth-order valence-corrected chi connectivity index (χ4v) is 2.88. The van der Waals surface area contributed by atoms with E-state index in [9.17, 15) is 9.18 Å². The second-order valence-electron chi connectivity index (χ2n) is 8.43. The maximum atomic E-state index is 14.4. The van der Waals surface area contributed by atoms with Crippen molar-refractivity contribution in [3.8, 4) is 5.75 Å². The molecule has 0 bridgehead atoms. The van der Waals surface area contributed by atoms with Crippen LogP contribution >= 0.6 is 0 Å². The van der Waals surface area contributed by atoms with E-state index in [1.165, 1.54) is 17.7 Å². The molecular weight excluding hydrogens is 342 g/mol. The summed E-state index contributed by atoms with van der Waals surface area (Å²) in [5.74, 6) is -0.907. The molecule has 1 heterocycles. The van der Waals surface area contributed by atoms with E-state index in [1.54, 1.807) is 0 Å². The molecule has 0 aromatic heterocycles. The third-order valence-electron chi connectivity index (χ3n) is 4.55. The Labute approximate surface area is 159 Å². The highest BCUT2D eigenvalue weighted by atomic mass is 18.2. The van der Waals surface area contributed by atoms with Crippen molar-refractivity contribution >= 4 is 12.0 Å². The average Bonchev–Trinajstić information content (AvgIpc) is 2.58. The quantitative estimate of drug-likeness (QED) is 0.656. The van der Waals surface area contributed by atoms with Gasteiger partial charge in [0.15, 0.2) is 0 Å². The second-order valence-corrected chi connectivity index (χ2v) is 8.43. The standard InChI is InChI=1S/C23H25FO3/c1-22(2,3)17-8-6-15(7-9-17)14-26-21(25)18-12-16-10-11-23(4,5)27-20(16)13-19(18)24/h6-13H,14H2,1-5H3/i24-1. The number of esters is 1. The lowest BCUT2D eigenvalue weighted by Gasteiger charge is -2.28. The minimum absolute atomic E-state index is 0.0611. The topological polar surface area (TPSA) is 35.5 Å². The molecule has 1 aliphatic rings. The van der Waals surface area contributed by atoms with Crippen molar-refractivity contribution in [2.45, 2.75) is 52.2 Å². The van der Waals surface area contributed by atoms with Crippen LogP contribution < -0.4 is 4.74 Å². The van der Waals surface area contributed by atoms with Crippen molar-refractivity contribution in [1.29, 1.82) is 0 Å². The first-order valence-corrected chi connectivity index (χ1v) is 9.03. The van der Waals surface area contributed by atoms with E-state index in [-0.39, 0.29) is 17.6 Å². The summed E-state index contributed by atoms with van der Waals surface area (Å²) in [5, 5.41) is 0. The summed E-state index contributed by atoms with van der Waals surface area (Å²) in [6.07, 6.45) is 3.71. The first kappa shape index (κ1) is 19.2. The predicted octanol–water partition coefficient (Wildman–Crippen LogP) is 5.66. The van der Waals surface area contributed by atoms with E-state index < -0.39 is 17.4 Å². The first-order valence-electron chi connectivity index (χ1n) is 9.03. The van der Waals surface area contributed by atoms with Crippen LogP contribution in [0.1, 0.15) is 61.7 Å². The van der Waals surface area contributed by atoms with Gasteiger partial charge in [0.05, 0.1) is 5.56 Å². The van der Waals surface area contributed by atoms with Crippen LogP contribution in [0.4, 0.5) is 4.39 Å². The van der Waals surface area contributed by atoms with Gasteiger partial charge in [0.1, 0.15) is 23.8 Å². The van der Waals surface area contributed by atoms with Crippen molar-refractivity contribution in [3.63, 3.8) is 0 Å². The van der Waals surface area contributed by atoms with Crippen molar-refractivity contribution in [2.75, 3.05) is 0 Å². The molecule has 0 N–H and O–H groups in total. The zero-order valence-corrected chi connectivity index (χ0v) is 16.4. The van der Waals surface area contributed by atoms with Gasteiger partial charge in [-0.2, -0.15) is 0 Å². The minimum Gasteiger partial charge on any atom is -0.483 e. The van der Waals surface area contributed by atoms with Gasteiger partial charge in [0.2, 0.25) is 0 Å². The highest BCUT2D eigenvalue weighted by Gasteiger charge is 2.25. The zero-order valence-electron chi connectivity index (χ0n) is 16.4. The number of halogens is 1. The lowest BCUT2D eigenvalue weighted by molar-refractivity contribution is 0.0467. The normalized spacial score (nSPS) is 15.0. The number of hydrogen-bond donors (Lipinski definition) is 0. The minimum atomic E-state index is -0.687. The van der Waals surface area contributed by atoms with Crippen molar-refractivity contribution in [2.24, 2.45) is 0 Å². The Balaban J connectivity index is 1.72. The van der Waals surface area contributed by atoms with Gasteiger partial charge in [0, 0.05) is 11.6 Å². The second kappa shape index (κ2) is 6.84. The molecule has 4 heteroatoms. The van der Waals surface area contributed by atoms with E-state index in [0.29, 0.717) is 11.3 Å². The van der Waals surface area contributed by atoms with Crippen LogP contribution in [0.25, 0.3) is 6.08 Å². The number of carbonyl (C=O) groups is 1. The molecule has 142 valence electrons. The van der Waals surface area contributed by atoms with E-state index in [2.05, 4.69) is 20.8 Å². The third-order valence-corrected chi connectivity index (χ3v) is 4.55. The monoisotopic (exact) mass is 367 g/mol. The largest absolute Gasteiger partial charge is 0.483 e. The van der Waals surface area contributed by atoms with Gasteiger partial charge in [-0.05, 0) is 42.5 Å². The average molecular weight is 367 g/mol. The van der Waals surface area contributed by atoms with Gasteiger partial charge in [0.25, 0.3) is 0 Å². The molecule has 2 aromatic rings. The highest BCUT2D eigenvalue weighted by molar-refractivity contribution is 5.91. The maximum absolute atomic E-state index is 14.4. The summed E-state index contributed by atoms with van der Waals surface area (Å²) in [6.45, 7) is 10.3. The van der Waals surface area contributed by atoms with Crippen LogP contribution in [0.15, 0.2) is 42.5 Å². The van der Waals surface area contributed by atoms with E-state index in [4.69, 9.17) is 9.47 Å². The van der Waals surface area contributed by atoms with Crippen molar-refractivity contribution in [3.05, 3.63) is 70.5 Å². The van der Waals surface area contributed by atoms with Crippen LogP contribution in [0.3, 0.4) is 0 Å². The molecule has 3 rings (SSSR count). The summed E-state index contributed by atoms with van der Waals surface area (Å²) in [6, 6.07) is 10.6. The van der Waals surface area contributed by atoms with Crippen LogP contribution in [-0.4, -0.2) is 11.6 Å². The Morgan fingerprint density at radius 3 is 2.44 bits per heavy atom. The van der Waals surface area contributed by atoms with Crippen LogP contribution in [0, 0.1) is 5.82 Å². The van der Waals surface area contributed by atoms with E-state index >= 15 is 0 Å². The number of ether oxygens (including phenoxy) is 2. The molecule has 0 radical (unpaired) electrons. The lowest BCUT2D eigenvalue weighted by atomic mass is 9.87. The lowest BCUT2D eigenvalue weighted by Crippen LogP contribution is -2.27. The van der Waals surface area contributed by atoms with E-state index in [0.717, 1.165) is 5.56 Å². The molecule has 0 saturated heterocycles. The summed E-state index contributed by atoms with van der Waals surface area (Å²) in [5.41, 5.74) is 2.20. The molecule has 27 heavy (non-hydrogen) atoms. The van der Waals surface area contributed by atoms with Gasteiger partial charge in [-0.25, -0.2) is 9.18 Å². The number of carbonyl (C=O) groups excluding carboxylic acids is 1. The van der Waals surface area contributed by atoms with Crippen molar-refractivity contribution in [1.82, 2.24) is 0 Å². The first-order chi connectivity index (χ1) is 12.5. The zero-order chi connectivity index (χ0) is 19.8. The molecule has 0 amide bonds. The van der Waals surface area contributed by atoms with Gasteiger partial charge in [-0.15, -0.1) is 0 Å². The van der Waals surface area contributed by atoms with E-state index in [1.807, 2.05) is 50.3 Å². The van der Waals surface area contributed by atoms with Crippen LogP contribution in [-0.2, 0) is 16.8 Å². The van der Waals surface area contributed by atoms with Crippen molar-refractivity contribution < 1.29 is 18.7 Å². The Morgan fingerprint density at radius 1 is 1.15 bits per heavy atom. The molecule has 3 nitrogen and oxygen atoms in total. The van der Waals surface area contributed by atoms with Crippen LogP contribution in [0.2, 0.25) is 0 Å². The molecule has 0 saturated carbocycles. The highest BCUT2D eigenvalue weighted by Crippen LogP contribution is 2.33. The van der Waals surface area contributed by atoms with Gasteiger partial charge < -0.3 is 9.47 Å². The Kier molecular flexibility index (Phi) is 4.85.